The SMILES string of the molecule is CC(C)CC(CNC(=O)OCC1c2ccccc2-c2ccccc21)C(=O)N(CCC(=O)O)Cc1ccccc1. The molecule has 0 fully saturated rings. The van der Waals surface area contributed by atoms with Gasteiger partial charge in [-0.05, 0) is 40.2 Å². The molecule has 0 spiro atoms. The Hall–Kier alpha value is -4.13. The number of carbonyl (C=O) groups is 3. The van der Waals surface area contributed by atoms with Crippen LogP contribution in [-0.2, 0) is 20.9 Å². The van der Waals surface area contributed by atoms with E-state index in [1.54, 1.807) is 4.90 Å². The third kappa shape index (κ3) is 7.25. The van der Waals surface area contributed by atoms with Crippen molar-refractivity contribution in [2.75, 3.05) is 19.7 Å². The van der Waals surface area contributed by atoms with Crippen LogP contribution >= 0.6 is 0 Å². The van der Waals surface area contributed by atoms with E-state index in [0.29, 0.717) is 13.0 Å². The van der Waals surface area contributed by atoms with Crippen LogP contribution < -0.4 is 5.32 Å². The standard InChI is InChI=1S/C32H36N2O5/c1-22(2)18-24(31(37)34(17-16-30(35)36)20-23-10-4-3-5-11-23)19-33-32(38)39-21-29-27-14-8-6-12-25(27)26-13-7-9-15-28(26)29/h3-15,22,24,29H,16-21H2,1-2H3,(H,33,38)(H,35,36). The molecule has 1 atom stereocenters. The highest BCUT2D eigenvalue weighted by molar-refractivity contribution is 5.81. The molecule has 0 aliphatic heterocycles. The maximum absolute atomic E-state index is 13.6. The minimum Gasteiger partial charge on any atom is -0.481 e. The summed E-state index contributed by atoms with van der Waals surface area (Å²) in [6.45, 7) is 4.77. The molecular weight excluding hydrogens is 492 g/mol. The molecule has 2 amide bonds. The first-order valence-electron chi connectivity index (χ1n) is 13.5. The van der Waals surface area contributed by atoms with Crippen molar-refractivity contribution in [1.82, 2.24) is 10.2 Å². The zero-order valence-electron chi connectivity index (χ0n) is 22.5. The van der Waals surface area contributed by atoms with Crippen LogP contribution in [0.15, 0.2) is 78.9 Å². The number of ether oxygens (including phenoxy) is 1. The summed E-state index contributed by atoms with van der Waals surface area (Å²) in [6, 6.07) is 25.8. The van der Waals surface area contributed by atoms with Crippen LogP contribution in [0.5, 0.6) is 0 Å². The van der Waals surface area contributed by atoms with Crippen molar-refractivity contribution in [2.45, 2.75) is 39.2 Å². The van der Waals surface area contributed by atoms with Crippen molar-refractivity contribution in [1.29, 1.82) is 0 Å². The summed E-state index contributed by atoms with van der Waals surface area (Å²) < 4.78 is 5.66. The minimum absolute atomic E-state index is 0.0476. The first-order chi connectivity index (χ1) is 18.8. The van der Waals surface area contributed by atoms with E-state index in [4.69, 9.17) is 4.74 Å². The van der Waals surface area contributed by atoms with Gasteiger partial charge in [0.25, 0.3) is 0 Å². The average molecular weight is 529 g/mol. The molecule has 39 heavy (non-hydrogen) atoms. The minimum atomic E-state index is -0.960. The van der Waals surface area contributed by atoms with E-state index in [1.807, 2.05) is 68.4 Å². The zero-order chi connectivity index (χ0) is 27.8. The maximum Gasteiger partial charge on any atom is 0.407 e. The van der Waals surface area contributed by atoms with Crippen molar-refractivity contribution < 1.29 is 24.2 Å². The van der Waals surface area contributed by atoms with Gasteiger partial charge in [-0.3, -0.25) is 9.59 Å². The predicted molar refractivity (Wildman–Crippen MR) is 150 cm³/mol. The van der Waals surface area contributed by atoms with E-state index in [-0.39, 0.29) is 43.9 Å². The van der Waals surface area contributed by atoms with Gasteiger partial charge in [0.1, 0.15) is 6.61 Å². The fourth-order valence-corrected chi connectivity index (χ4v) is 5.26. The van der Waals surface area contributed by atoms with Gasteiger partial charge in [-0.25, -0.2) is 4.79 Å². The molecule has 0 radical (unpaired) electrons. The number of nitrogens with zero attached hydrogens (tertiary/aromatic N) is 1. The number of hydrogen-bond acceptors (Lipinski definition) is 4. The van der Waals surface area contributed by atoms with E-state index in [9.17, 15) is 19.5 Å². The van der Waals surface area contributed by atoms with Gasteiger partial charge in [0.2, 0.25) is 5.91 Å². The Labute approximate surface area is 229 Å². The van der Waals surface area contributed by atoms with Crippen LogP contribution in [0.1, 0.15) is 49.3 Å². The Morgan fingerprint density at radius 3 is 2.08 bits per heavy atom. The molecule has 0 heterocycles. The van der Waals surface area contributed by atoms with E-state index >= 15 is 0 Å². The van der Waals surface area contributed by atoms with Gasteiger partial charge in [0, 0.05) is 25.6 Å². The van der Waals surface area contributed by atoms with E-state index in [1.165, 1.54) is 0 Å². The molecule has 3 aromatic carbocycles. The quantitative estimate of drug-likeness (QED) is 0.315. The zero-order valence-corrected chi connectivity index (χ0v) is 22.5. The maximum atomic E-state index is 13.6. The average Bonchev–Trinajstić information content (AvgIpc) is 3.25. The summed E-state index contributed by atoms with van der Waals surface area (Å²) in [5.74, 6) is -1.47. The smallest absolute Gasteiger partial charge is 0.407 e. The third-order valence-electron chi connectivity index (χ3n) is 7.07. The van der Waals surface area contributed by atoms with E-state index in [2.05, 4.69) is 29.6 Å². The number of alkyl carbamates (subject to hydrolysis) is 1. The lowest BCUT2D eigenvalue weighted by atomic mass is 9.95. The van der Waals surface area contributed by atoms with Crippen LogP contribution in [0, 0.1) is 11.8 Å². The lowest BCUT2D eigenvalue weighted by Crippen LogP contribution is -2.43. The van der Waals surface area contributed by atoms with E-state index < -0.39 is 18.0 Å². The highest BCUT2D eigenvalue weighted by atomic mass is 16.5. The van der Waals surface area contributed by atoms with Crippen LogP contribution in [0.3, 0.4) is 0 Å². The van der Waals surface area contributed by atoms with Gasteiger partial charge in [0.15, 0.2) is 0 Å². The molecule has 7 nitrogen and oxygen atoms in total. The molecule has 2 N–H and O–H groups in total. The summed E-state index contributed by atoms with van der Waals surface area (Å²) >= 11 is 0. The van der Waals surface area contributed by atoms with Crippen molar-refractivity contribution in [3.8, 4) is 11.1 Å². The Bertz CT molecular complexity index is 1240. The van der Waals surface area contributed by atoms with Crippen molar-refractivity contribution in [2.24, 2.45) is 11.8 Å². The fourth-order valence-electron chi connectivity index (χ4n) is 5.26. The van der Waals surface area contributed by atoms with E-state index in [0.717, 1.165) is 27.8 Å². The summed E-state index contributed by atoms with van der Waals surface area (Å²) in [5.41, 5.74) is 5.50. The number of rotatable bonds is 12. The van der Waals surface area contributed by atoms with Gasteiger partial charge < -0.3 is 20.1 Å². The highest BCUT2D eigenvalue weighted by Crippen LogP contribution is 2.44. The Morgan fingerprint density at radius 2 is 1.49 bits per heavy atom. The molecule has 4 rings (SSSR count). The number of carbonyl (C=O) groups excluding carboxylic acids is 2. The molecule has 0 saturated carbocycles. The normalized spacial score (nSPS) is 12.9. The van der Waals surface area contributed by atoms with Gasteiger partial charge in [-0.2, -0.15) is 0 Å². The Kier molecular flexibility index (Phi) is 9.36. The topological polar surface area (TPSA) is 95.9 Å². The van der Waals surface area contributed by atoms with Crippen LogP contribution in [0.4, 0.5) is 4.79 Å². The lowest BCUT2D eigenvalue weighted by Gasteiger charge is -2.28. The highest BCUT2D eigenvalue weighted by Gasteiger charge is 2.30. The molecular formula is C32H36N2O5. The first kappa shape index (κ1) is 27.9. The molecule has 1 unspecified atom stereocenters. The Morgan fingerprint density at radius 1 is 0.897 bits per heavy atom. The molecule has 1 aliphatic carbocycles. The second-order valence-electron chi connectivity index (χ2n) is 10.4. The van der Waals surface area contributed by atoms with Crippen LogP contribution in [0.2, 0.25) is 0 Å². The van der Waals surface area contributed by atoms with Crippen molar-refractivity contribution in [3.05, 3.63) is 95.6 Å². The summed E-state index contributed by atoms with van der Waals surface area (Å²) in [6.07, 6.45) is -0.160. The number of carboxylic acids is 1. The lowest BCUT2D eigenvalue weighted by molar-refractivity contribution is -0.140. The third-order valence-corrected chi connectivity index (χ3v) is 7.07. The second-order valence-corrected chi connectivity index (χ2v) is 10.4. The molecule has 7 heteroatoms. The molecule has 204 valence electrons. The monoisotopic (exact) mass is 528 g/mol. The molecule has 1 aliphatic rings. The summed E-state index contributed by atoms with van der Waals surface area (Å²) in [7, 11) is 0. The van der Waals surface area contributed by atoms with Crippen molar-refractivity contribution >= 4 is 18.0 Å². The van der Waals surface area contributed by atoms with Gasteiger partial charge in [-0.15, -0.1) is 0 Å². The number of aliphatic carboxylic acids is 1. The fraction of sp³-hybridized carbons (Fsp3) is 0.344. The molecule has 3 aromatic rings. The summed E-state index contributed by atoms with van der Waals surface area (Å²) in [5, 5.41) is 12.0. The number of fused-ring (bicyclic) bond motifs is 3. The molecule has 0 aromatic heterocycles. The Balaban J connectivity index is 1.40. The van der Waals surface area contributed by atoms with Gasteiger partial charge in [0.05, 0.1) is 12.3 Å². The predicted octanol–water partition coefficient (Wildman–Crippen LogP) is 5.69. The molecule has 0 saturated heterocycles. The van der Waals surface area contributed by atoms with Crippen LogP contribution in [-0.4, -0.2) is 47.7 Å². The molecule has 0 bridgehead atoms. The number of carboxylic acid groups (broad SMARTS) is 1. The second kappa shape index (κ2) is 13.1. The van der Waals surface area contributed by atoms with Crippen LogP contribution in [0.25, 0.3) is 11.1 Å². The number of benzene rings is 3. The van der Waals surface area contributed by atoms with Gasteiger partial charge >= 0.3 is 12.1 Å². The summed E-state index contributed by atoms with van der Waals surface area (Å²) in [4.78, 5) is 39.2. The largest absolute Gasteiger partial charge is 0.481 e. The number of amides is 2. The van der Waals surface area contributed by atoms with Gasteiger partial charge in [-0.1, -0.05) is 92.7 Å². The van der Waals surface area contributed by atoms with Crippen molar-refractivity contribution in [3.63, 3.8) is 0 Å². The number of hydrogen-bond donors (Lipinski definition) is 2. The number of nitrogens with one attached hydrogen (secondary N) is 1. The first-order valence-corrected chi connectivity index (χ1v) is 13.5.